The van der Waals surface area contributed by atoms with E-state index in [4.69, 9.17) is 35.6 Å². The Hall–Kier alpha value is -2.17. The Morgan fingerprint density at radius 1 is 1.03 bits per heavy atom. The summed E-state index contributed by atoms with van der Waals surface area (Å²) in [5.74, 6) is -0.126. The van der Waals surface area contributed by atoms with Crippen molar-refractivity contribution in [3.05, 3.63) is 34.5 Å². The number of benzene rings is 1. The van der Waals surface area contributed by atoms with Crippen molar-refractivity contribution in [3.63, 3.8) is 0 Å². The van der Waals surface area contributed by atoms with Gasteiger partial charge in [0.2, 0.25) is 0 Å². The molecule has 10 heteroatoms. The van der Waals surface area contributed by atoms with Crippen molar-refractivity contribution in [1.82, 2.24) is 0 Å². The van der Waals surface area contributed by atoms with Crippen LogP contribution in [0.25, 0.3) is 11.0 Å². The molecule has 2 rings (SSSR count). The van der Waals surface area contributed by atoms with Crippen molar-refractivity contribution in [2.45, 2.75) is 20.0 Å². The number of esters is 1. The summed E-state index contributed by atoms with van der Waals surface area (Å²) in [6.07, 6.45) is -4.48. The average Bonchev–Trinajstić information content (AvgIpc) is 2.67. The van der Waals surface area contributed by atoms with Gasteiger partial charge in [-0.15, -0.1) is 0 Å². The summed E-state index contributed by atoms with van der Waals surface area (Å²) in [5.41, 5.74) is -0.826. The molecule has 0 fully saturated rings. The summed E-state index contributed by atoms with van der Waals surface area (Å²) in [6, 6.07) is 4.57. The standard InChI is InChI=1S/C20H23F3O6S/c1-13(2)19(24)28-10-8-26-6-5-25-7-9-27-16-12-18(30)29-17-11-14(20(21,22)23)3-4-15(16)17/h3-4,11-13H,5-10H2,1-2H3. The maximum absolute atomic E-state index is 12.9. The van der Waals surface area contributed by atoms with E-state index >= 15 is 0 Å². The Morgan fingerprint density at radius 3 is 2.30 bits per heavy atom. The van der Waals surface area contributed by atoms with Crippen molar-refractivity contribution in [1.29, 1.82) is 0 Å². The Bertz CT molecular complexity index is 894. The van der Waals surface area contributed by atoms with Crippen LogP contribution in [-0.2, 0) is 25.2 Å². The molecule has 0 amide bonds. The molecule has 30 heavy (non-hydrogen) atoms. The molecule has 0 aliphatic carbocycles. The van der Waals surface area contributed by atoms with Crippen molar-refractivity contribution in [2.24, 2.45) is 5.92 Å². The predicted molar refractivity (Wildman–Crippen MR) is 105 cm³/mol. The molecule has 0 N–H and O–H groups in total. The largest absolute Gasteiger partial charge is 0.490 e. The van der Waals surface area contributed by atoms with Gasteiger partial charge in [-0.05, 0) is 30.4 Å². The molecular weight excluding hydrogens is 425 g/mol. The summed E-state index contributed by atoms with van der Waals surface area (Å²) >= 11 is 4.96. The fraction of sp³-hybridized carbons (Fsp3) is 0.500. The second kappa shape index (κ2) is 11.3. The highest BCUT2D eigenvalue weighted by Gasteiger charge is 2.31. The molecule has 1 aromatic heterocycles. The third-order valence-corrected chi connectivity index (χ3v) is 4.04. The first-order valence-electron chi connectivity index (χ1n) is 9.28. The number of ether oxygens (including phenoxy) is 4. The Morgan fingerprint density at radius 2 is 1.67 bits per heavy atom. The highest BCUT2D eigenvalue weighted by Crippen LogP contribution is 2.34. The molecule has 0 aliphatic heterocycles. The maximum Gasteiger partial charge on any atom is 0.416 e. The van der Waals surface area contributed by atoms with Crippen molar-refractivity contribution >= 4 is 29.2 Å². The number of carbonyl (C=O) groups excluding carboxylic acids is 1. The lowest BCUT2D eigenvalue weighted by Gasteiger charge is -2.11. The van der Waals surface area contributed by atoms with Gasteiger partial charge in [-0.3, -0.25) is 4.79 Å². The summed E-state index contributed by atoms with van der Waals surface area (Å²) in [4.78, 5) is 11.3. The van der Waals surface area contributed by atoms with Gasteiger partial charge in [0, 0.05) is 6.07 Å². The number of hydrogen-bond acceptors (Lipinski definition) is 7. The second-order valence-electron chi connectivity index (χ2n) is 6.53. The van der Waals surface area contributed by atoms with E-state index in [0.717, 1.165) is 12.1 Å². The average molecular weight is 448 g/mol. The normalized spacial score (nSPS) is 11.8. The van der Waals surface area contributed by atoms with E-state index in [9.17, 15) is 18.0 Å². The van der Waals surface area contributed by atoms with Gasteiger partial charge in [0.15, 0.2) is 4.71 Å². The summed E-state index contributed by atoms with van der Waals surface area (Å²) in [7, 11) is 0. The molecule has 0 radical (unpaired) electrons. The molecule has 6 nitrogen and oxygen atoms in total. The van der Waals surface area contributed by atoms with Gasteiger partial charge < -0.3 is 23.4 Å². The lowest BCUT2D eigenvalue weighted by Crippen LogP contribution is -2.16. The molecule has 0 saturated heterocycles. The number of alkyl halides is 3. The van der Waals surface area contributed by atoms with E-state index in [1.807, 2.05) is 0 Å². The number of carbonyl (C=O) groups is 1. The fourth-order valence-electron chi connectivity index (χ4n) is 2.33. The van der Waals surface area contributed by atoms with E-state index < -0.39 is 11.7 Å². The Balaban J connectivity index is 1.72. The van der Waals surface area contributed by atoms with Crippen LogP contribution in [-0.4, -0.2) is 45.6 Å². The maximum atomic E-state index is 12.9. The van der Waals surface area contributed by atoms with Gasteiger partial charge >= 0.3 is 12.1 Å². The van der Waals surface area contributed by atoms with Gasteiger partial charge in [0.05, 0.1) is 43.3 Å². The summed E-state index contributed by atoms with van der Waals surface area (Å²) in [5, 5.41) is 0.385. The third kappa shape index (κ3) is 7.58. The Labute approximate surface area is 176 Å². The van der Waals surface area contributed by atoms with Crippen LogP contribution in [0.4, 0.5) is 13.2 Å². The number of halogens is 3. The molecule has 0 aliphatic rings. The zero-order valence-electron chi connectivity index (χ0n) is 16.6. The molecule has 0 bridgehead atoms. The molecule has 2 aromatic rings. The first kappa shape index (κ1) is 24.1. The summed E-state index contributed by atoms with van der Waals surface area (Å²) in [6.45, 7) is 5.01. The lowest BCUT2D eigenvalue weighted by atomic mass is 10.1. The predicted octanol–water partition coefficient (Wildman–Crippen LogP) is 4.79. The van der Waals surface area contributed by atoms with Gasteiger partial charge in [0.25, 0.3) is 0 Å². The van der Waals surface area contributed by atoms with E-state index in [-0.39, 0.29) is 48.6 Å². The van der Waals surface area contributed by atoms with E-state index in [1.54, 1.807) is 13.8 Å². The minimum absolute atomic E-state index is 0.000175. The number of hydrogen-bond donors (Lipinski definition) is 0. The number of fused-ring (bicyclic) bond motifs is 1. The summed E-state index contributed by atoms with van der Waals surface area (Å²) < 4.78 is 65.0. The van der Waals surface area contributed by atoms with E-state index in [0.29, 0.717) is 24.3 Å². The van der Waals surface area contributed by atoms with Crippen LogP contribution in [0.15, 0.2) is 28.7 Å². The van der Waals surface area contributed by atoms with E-state index in [1.165, 1.54) is 12.1 Å². The van der Waals surface area contributed by atoms with Crippen LogP contribution in [0.1, 0.15) is 19.4 Å². The van der Waals surface area contributed by atoms with Crippen LogP contribution >= 0.6 is 12.2 Å². The van der Waals surface area contributed by atoms with Crippen LogP contribution < -0.4 is 4.74 Å². The Kier molecular flexibility index (Phi) is 9.07. The molecular formula is C20H23F3O6S. The molecule has 0 saturated carbocycles. The van der Waals surface area contributed by atoms with Gasteiger partial charge in [-0.1, -0.05) is 13.8 Å². The van der Waals surface area contributed by atoms with Crippen molar-refractivity contribution < 1.29 is 41.3 Å². The second-order valence-corrected chi connectivity index (χ2v) is 6.94. The van der Waals surface area contributed by atoms with Gasteiger partial charge in [-0.25, -0.2) is 0 Å². The quantitative estimate of drug-likeness (QED) is 0.278. The van der Waals surface area contributed by atoms with Crippen molar-refractivity contribution in [2.75, 3.05) is 39.6 Å². The van der Waals surface area contributed by atoms with Gasteiger partial charge in [-0.2, -0.15) is 13.2 Å². The molecule has 166 valence electrons. The zero-order chi connectivity index (χ0) is 22.1. The minimum Gasteiger partial charge on any atom is -0.490 e. The molecule has 1 aromatic carbocycles. The monoisotopic (exact) mass is 448 g/mol. The molecule has 0 spiro atoms. The number of rotatable bonds is 11. The first-order valence-corrected chi connectivity index (χ1v) is 9.69. The van der Waals surface area contributed by atoms with Crippen LogP contribution in [0.2, 0.25) is 0 Å². The third-order valence-electron chi connectivity index (χ3n) is 3.83. The lowest BCUT2D eigenvalue weighted by molar-refractivity contribution is -0.149. The molecule has 1 heterocycles. The van der Waals surface area contributed by atoms with Crippen molar-refractivity contribution in [3.8, 4) is 5.75 Å². The van der Waals surface area contributed by atoms with Gasteiger partial charge in [0.1, 0.15) is 24.5 Å². The topological polar surface area (TPSA) is 67.1 Å². The van der Waals surface area contributed by atoms with Crippen LogP contribution in [0.3, 0.4) is 0 Å². The SMILES string of the molecule is CC(C)C(=O)OCCOCCOCCOc1cc(=S)oc2cc(C(F)(F)F)ccc12. The van der Waals surface area contributed by atoms with E-state index in [2.05, 4.69) is 0 Å². The first-order chi connectivity index (χ1) is 14.2. The highest BCUT2D eigenvalue weighted by atomic mass is 32.1. The van der Waals surface area contributed by atoms with Crippen LogP contribution in [0, 0.1) is 10.6 Å². The zero-order valence-corrected chi connectivity index (χ0v) is 17.4. The smallest absolute Gasteiger partial charge is 0.416 e. The minimum atomic E-state index is -4.48. The molecule has 0 atom stereocenters. The fourth-order valence-corrected chi connectivity index (χ4v) is 2.53. The highest BCUT2D eigenvalue weighted by molar-refractivity contribution is 7.71. The molecule has 0 unspecified atom stereocenters. The van der Waals surface area contributed by atoms with Crippen LogP contribution in [0.5, 0.6) is 5.75 Å².